The maximum absolute atomic E-state index is 13.3. The van der Waals surface area contributed by atoms with Gasteiger partial charge >= 0.3 is 0 Å². The number of nitrogens with zero attached hydrogens (tertiary/aromatic N) is 2. The van der Waals surface area contributed by atoms with Crippen molar-refractivity contribution in [2.24, 2.45) is 0 Å². The summed E-state index contributed by atoms with van der Waals surface area (Å²) in [5, 5.41) is 9.86. The Labute approximate surface area is 165 Å². The topological polar surface area (TPSA) is 76.0 Å². The highest BCUT2D eigenvalue weighted by Gasteiger charge is 2.36. The van der Waals surface area contributed by atoms with Crippen LogP contribution in [0.25, 0.3) is 11.1 Å². The lowest BCUT2D eigenvalue weighted by Gasteiger charge is -2.10. The molecule has 3 aromatic rings. The molecule has 29 heavy (non-hydrogen) atoms. The molecule has 1 atom stereocenters. The van der Waals surface area contributed by atoms with Gasteiger partial charge < -0.3 is 10.6 Å². The van der Waals surface area contributed by atoms with Gasteiger partial charge in [-0.1, -0.05) is 37.3 Å². The van der Waals surface area contributed by atoms with E-state index in [1.165, 1.54) is 10.7 Å². The second-order valence-corrected chi connectivity index (χ2v) is 6.72. The Morgan fingerprint density at radius 2 is 1.93 bits per heavy atom. The van der Waals surface area contributed by atoms with E-state index in [0.29, 0.717) is 12.2 Å². The third-order valence-corrected chi connectivity index (χ3v) is 4.80. The van der Waals surface area contributed by atoms with Crippen molar-refractivity contribution in [3.8, 4) is 11.1 Å². The van der Waals surface area contributed by atoms with Gasteiger partial charge in [0.1, 0.15) is 11.9 Å². The zero-order chi connectivity index (χ0) is 20.5. The fraction of sp³-hybridized carbons (Fsp3) is 0.190. The Hall–Kier alpha value is -3.55. The van der Waals surface area contributed by atoms with Crippen LogP contribution in [-0.2, 0) is 16.0 Å². The fourth-order valence-electron chi connectivity index (χ4n) is 3.43. The molecule has 1 unspecified atom stereocenters. The summed E-state index contributed by atoms with van der Waals surface area (Å²) in [6.45, 7) is 1.97. The molecule has 0 aliphatic carbocycles. The molecule has 148 valence electrons. The van der Waals surface area contributed by atoms with Gasteiger partial charge in [-0.3, -0.25) is 9.59 Å². The van der Waals surface area contributed by atoms with E-state index in [0.717, 1.165) is 29.0 Å². The van der Waals surface area contributed by atoms with Crippen LogP contribution in [0, 0.1) is 11.6 Å². The average Bonchev–Trinajstić information content (AvgIpc) is 3.21. The number of amides is 2. The molecule has 1 aromatic heterocycles. The van der Waals surface area contributed by atoms with Crippen molar-refractivity contribution in [1.82, 2.24) is 9.78 Å². The van der Waals surface area contributed by atoms with Gasteiger partial charge in [-0.2, -0.15) is 5.10 Å². The Balaban J connectivity index is 1.59. The van der Waals surface area contributed by atoms with Crippen LogP contribution in [0.4, 0.5) is 20.3 Å². The number of fused-ring (bicyclic) bond motifs is 1. The van der Waals surface area contributed by atoms with Crippen LogP contribution in [-0.4, -0.2) is 21.6 Å². The number of rotatable bonds is 5. The standard InChI is InChI=1S/C21H18F2N4O2/c1-2-16-19(12-6-4-3-5-7-12)20-25-21(29)17(27(20)26-16)11-18(28)24-13-8-9-14(22)15(23)10-13/h3-10,17H,2,11H2,1H3,(H,24,28)(H,25,29). The number of hydrogen-bond acceptors (Lipinski definition) is 3. The molecule has 2 amide bonds. The van der Waals surface area contributed by atoms with E-state index in [1.807, 2.05) is 37.3 Å². The van der Waals surface area contributed by atoms with E-state index in [1.54, 1.807) is 0 Å². The van der Waals surface area contributed by atoms with Crippen molar-refractivity contribution >= 4 is 23.3 Å². The second kappa shape index (κ2) is 7.46. The smallest absolute Gasteiger partial charge is 0.251 e. The number of aryl methyl sites for hydroxylation is 1. The van der Waals surface area contributed by atoms with E-state index >= 15 is 0 Å². The van der Waals surface area contributed by atoms with E-state index in [4.69, 9.17) is 0 Å². The maximum atomic E-state index is 13.3. The summed E-state index contributed by atoms with van der Waals surface area (Å²) in [5.41, 5.74) is 2.70. The van der Waals surface area contributed by atoms with Crippen LogP contribution in [0.5, 0.6) is 0 Å². The van der Waals surface area contributed by atoms with Gasteiger partial charge in [-0.15, -0.1) is 0 Å². The molecule has 0 spiro atoms. The van der Waals surface area contributed by atoms with E-state index in [2.05, 4.69) is 15.7 Å². The molecule has 2 heterocycles. The summed E-state index contributed by atoms with van der Waals surface area (Å²) >= 11 is 0. The van der Waals surface area contributed by atoms with Gasteiger partial charge in [0, 0.05) is 17.3 Å². The number of anilines is 2. The molecule has 0 saturated heterocycles. The number of benzene rings is 2. The molecule has 0 radical (unpaired) electrons. The summed E-state index contributed by atoms with van der Waals surface area (Å²) < 4.78 is 27.9. The van der Waals surface area contributed by atoms with Crippen molar-refractivity contribution in [1.29, 1.82) is 0 Å². The largest absolute Gasteiger partial charge is 0.326 e. The van der Waals surface area contributed by atoms with Gasteiger partial charge in [0.2, 0.25) is 5.91 Å². The first-order valence-corrected chi connectivity index (χ1v) is 9.20. The predicted octanol–water partition coefficient (Wildman–Crippen LogP) is 3.91. The number of hydrogen-bond donors (Lipinski definition) is 2. The summed E-state index contributed by atoms with van der Waals surface area (Å²) in [4.78, 5) is 24.9. The molecule has 0 saturated carbocycles. The van der Waals surface area contributed by atoms with Gasteiger partial charge in [-0.25, -0.2) is 13.5 Å². The van der Waals surface area contributed by atoms with Gasteiger partial charge in [0.05, 0.1) is 12.1 Å². The molecule has 1 aliphatic heterocycles. The first-order chi connectivity index (χ1) is 14.0. The Kier molecular flexibility index (Phi) is 4.84. The lowest BCUT2D eigenvalue weighted by Crippen LogP contribution is -2.24. The van der Waals surface area contributed by atoms with Crippen LogP contribution in [0.3, 0.4) is 0 Å². The SMILES string of the molecule is CCc1nn2c(c1-c1ccccc1)NC(=O)C2CC(=O)Nc1ccc(F)c(F)c1. The van der Waals surface area contributed by atoms with Crippen molar-refractivity contribution < 1.29 is 18.4 Å². The normalized spacial score (nSPS) is 15.1. The summed E-state index contributed by atoms with van der Waals surface area (Å²) in [6.07, 6.45) is 0.477. The Morgan fingerprint density at radius 3 is 2.62 bits per heavy atom. The number of halogens is 2. The predicted molar refractivity (Wildman–Crippen MR) is 104 cm³/mol. The van der Waals surface area contributed by atoms with Crippen LogP contribution in [0.2, 0.25) is 0 Å². The Bertz CT molecular complexity index is 1100. The first-order valence-electron chi connectivity index (χ1n) is 9.20. The molecular formula is C21H18F2N4O2. The zero-order valence-electron chi connectivity index (χ0n) is 15.6. The monoisotopic (exact) mass is 396 g/mol. The lowest BCUT2D eigenvalue weighted by molar-refractivity contribution is -0.123. The van der Waals surface area contributed by atoms with Crippen LogP contribution in [0.1, 0.15) is 25.1 Å². The quantitative estimate of drug-likeness (QED) is 0.687. The highest BCUT2D eigenvalue weighted by atomic mass is 19.2. The number of carbonyl (C=O) groups excluding carboxylic acids is 2. The number of aromatic nitrogens is 2. The molecule has 8 heteroatoms. The van der Waals surface area contributed by atoms with Crippen molar-refractivity contribution in [2.75, 3.05) is 10.6 Å². The molecule has 0 bridgehead atoms. The third kappa shape index (κ3) is 3.49. The molecule has 1 aliphatic rings. The highest BCUT2D eigenvalue weighted by molar-refractivity contribution is 6.04. The number of nitrogens with one attached hydrogen (secondary N) is 2. The second-order valence-electron chi connectivity index (χ2n) is 6.72. The minimum Gasteiger partial charge on any atom is -0.326 e. The zero-order valence-corrected chi connectivity index (χ0v) is 15.6. The lowest BCUT2D eigenvalue weighted by atomic mass is 10.0. The van der Waals surface area contributed by atoms with E-state index in [9.17, 15) is 18.4 Å². The van der Waals surface area contributed by atoms with Crippen LogP contribution in [0.15, 0.2) is 48.5 Å². The fourth-order valence-corrected chi connectivity index (χ4v) is 3.43. The van der Waals surface area contributed by atoms with Gasteiger partial charge in [-0.05, 0) is 24.1 Å². The number of carbonyl (C=O) groups is 2. The molecule has 4 rings (SSSR count). The maximum Gasteiger partial charge on any atom is 0.251 e. The van der Waals surface area contributed by atoms with Gasteiger partial charge in [0.15, 0.2) is 11.6 Å². The molecular weight excluding hydrogens is 378 g/mol. The van der Waals surface area contributed by atoms with Crippen LogP contribution >= 0.6 is 0 Å². The molecule has 2 N–H and O–H groups in total. The van der Waals surface area contributed by atoms with Crippen LogP contribution < -0.4 is 10.6 Å². The van der Waals surface area contributed by atoms with Gasteiger partial charge in [0.25, 0.3) is 5.91 Å². The minimum atomic E-state index is -1.06. The summed E-state index contributed by atoms with van der Waals surface area (Å²) in [5.74, 6) is -2.34. The van der Waals surface area contributed by atoms with Crippen molar-refractivity contribution in [3.63, 3.8) is 0 Å². The van der Waals surface area contributed by atoms with E-state index in [-0.39, 0.29) is 18.0 Å². The molecule has 2 aromatic carbocycles. The van der Waals surface area contributed by atoms with E-state index < -0.39 is 23.6 Å². The average molecular weight is 396 g/mol. The van der Waals surface area contributed by atoms with Crippen molar-refractivity contribution in [3.05, 3.63) is 65.9 Å². The minimum absolute atomic E-state index is 0.118. The third-order valence-electron chi connectivity index (χ3n) is 4.80. The first kappa shape index (κ1) is 18.8. The van der Waals surface area contributed by atoms with Crippen molar-refractivity contribution in [2.45, 2.75) is 25.8 Å². The highest BCUT2D eigenvalue weighted by Crippen LogP contribution is 2.38. The summed E-state index contributed by atoms with van der Waals surface area (Å²) in [6, 6.07) is 11.8. The molecule has 6 nitrogen and oxygen atoms in total. The summed E-state index contributed by atoms with van der Waals surface area (Å²) in [7, 11) is 0. The molecule has 0 fully saturated rings. The Morgan fingerprint density at radius 1 is 1.17 bits per heavy atom.